The molecule has 15 heavy (non-hydrogen) atoms. The van der Waals surface area contributed by atoms with Crippen molar-refractivity contribution in [1.29, 1.82) is 0 Å². The molecular formula is C11H14F3N. The normalized spacial score (nSPS) is 14.3. The molecule has 0 fully saturated rings. The van der Waals surface area contributed by atoms with E-state index < -0.39 is 11.9 Å². The van der Waals surface area contributed by atoms with E-state index in [9.17, 15) is 13.2 Å². The van der Waals surface area contributed by atoms with E-state index in [4.69, 9.17) is 0 Å². The molecule has 0 aliphatic rings. The van der Waals surface area contributed by atoms with E-state index in [2.05, 4.69) is 4.98 Å². The van der Waals surface area contributed by atoms with Crippen LogP contribution in [0.25, 0.3) is 0 Å². The third-order valence-corrected chi connectivity index (χ3v) is 2.60. The fraction of sp³-hybridized carbons (Fsp3) is 0.545. The molecule has 0 spiro atoms. The van der Waals surface area contributed by atoms with Gasteiger partial charge in [-0.05, 0) is 29.5 Å². The summed E-state index contributed by atoms with van der Waals surface area (Å²) in [6.07, 6.45) is -3.14. The molecule has 1 unspecified atom stereocenters. The summed E-state index contributed by atoms with van der Waals surface area (Å²) < 4.78 is 37.1. The highest BCUT2D eigenvalue weighted by Gasteiger charge is 2.32. The zero-order chi connectivity index (χ0) is 11.6. The van der Waals surface area contributed by atoms with Gasteiger partial charge in [0.25, 0.3) is 0 Å². The molecule has 0 aliphatic carbocycles. The lowest BCUT2D eigenvalue weighted by Gasteiger charge is -2.16. The summed E-state index contributed by atoms with van der Waals surface area (Å²) in [4.78, 5) is 3.33. The predicted molar refractivity (Wildman–Crippen MR) is 52.5 cm³/mol. The maximum Gasteiger partial charge on any atom is 0.433 e. The molecular weight excluding hydrogens is 203 g/mol. The van der Waals surface area contributed by atoms with Crippen LogP contribution in [0.1, 0.15) is 37.9 Å². The Balaban J connectivity index is 3.03. The molecule has 0 amide bonds. The Kier molecular flexibility index (Phi) is 3.37. The van der Waals surface area contributed by atoms with Crippen LogP contribution in [0, 0.1) is 5.92 Å². The van der Waals surface area contributed by atoms with Crippen molar-refractivity contribution in [3.05, 3.63) is 29.6 Å². The van der Waals surface area contributed by atoms with Crippen LogP contribution in [0.5, 0.6) is 0 Å². The Morgan fingerprint density at radius 3 is 2.27 bits per heavy atom. The first kappa shape index (κ1) is 12.0. The molecule has 1 rings (SSSR count). The van der Waals surface area contributed by atoms with Crippen molar-refractivity contribution in [3.63, 3.8) is 0 Å². The molecule has 1 heterocycles. The molecule has 0 saturated carbocycles. The van der Waals surface area contributed by atoms with Gasteiger partial charge in [-0.15, -0.1) is 0 Å². The van der Waals surface area contributed by atoms with Gasteiger partial charge in [0.15, 0.2) is 0 Å². The highest BCUT2D eigenvalue weighted by atomic mass is 19.4. The van der Waals surface area contributed by atoms with Crippen LogP contribution in [0.15, 0.2) is 18.3 Å². The molecule has 84 valence electrons. The van der Waals surface area contributed by atoms with Crippen molar-refractivity contribution in [2.75, 3.05) is 0 Å². The lowest BCUT2D eigenvalue weighted by molar-refractivity contribution is -0.141. The number of nitrogens with zero attached hydrogens (tertiary/aromatic N) is 1. The van der Waals surface area contributed by atoms with Gasteiger partial charge in [-0.25, -0.2) is 0 Å². The van der Waals surface area contributed by atoms with Crippen molar-refractivity contribution in [1.82, 2.24) is 4.98 Å². The number of hydrogen-bond donors (Lipinski definition) is 0. The minimum absolute atomic E-state index is 0.106. The Labute approximate surface area is 87.3 Å². The first-order valence-corrected chi connectivity index (χ1v) is 4.85. The first-order chi connectivity index (χ1) is 6.82. The summed E-state index contributed by atoms with van der Waals surface area (Å²) in [5.74, 6) is 0.419. The molecule has 0 aliphatic heterocycles. The summed E-state index contributed by atoms with van der Waals surface area (Å²) in [6.45, 7) is 5.89. The number of alkyl halides is 3. The molecule has 1 aromatic heterocycles. The minimum Gasteiger partial charge on any atom is -0.252 e. The zero-order valence-corrected chi connectivity index (χ0v) is 8.97. The van der Waals surface area contributed by atoms with Gasteiger partial charge in [-0.1, -0.05) is 20.8 Å². The maximum atomic E-state index is 12.4. The van der Waals surface area contributed by atoms with Crippen LogP contribution in [-0.2, 0) is 6.18 Å². The van der Waals surface area contributed by atoms with Crippen molar-refractivity contribution in [2.24, 2.45) is 5.92 Å². The molecule has 0 bridgehead atoms. The highest BCUT2D eigenvalue weighted by molar-refractivity contribution is 5.22. The van der Waals surface area contributed by atoms with E-state index >= 15 is 0 Å². The standard InChI is InChI=1S/C11H14F3N/c1-7(2)8(3)9-4-5-15-10(6-9)11(12,13)14/h4-8H,1-3H3. The average molecular weight is 217 g/mol. The maximum absolute atomic E-state index is 12.4. The van der Waals surface area contributed by atoms with Gasteiger partial charge in [0.05, 0.1) is 0 Å². The topological polar surface area (TPSA) is 12.9 Å². The second-order valence-electron chi connectivity index (χ2n) is 4.00. The lowest BCUT2D eigenvalue weighted by Crippen LogP contribution is -2.10. The van der Waals surface area contributed by atoms with Gasteiger partial charge >= 0.3 is 6.18 Å². The van der Waals surface area contributed by atoms with Crippen LogP contribution < -0.4 is 0 Å². The molecule has 1 nitrogen and oxygen atoms in total. The van der Waals surface area contributed by atoms with Crippen LogP contribution in [0.4, 0.5) is 13.2 Å². The fourth-order valence-electron chi connectivity index (χ4n) is 1.27. The van der Waals surface area contributed by atoms with Crippen LogP contribution in [0.2, 0.25) is 0 Å². The Bertz CT molecular complexity index is 331. The zero-order valence-electron chi connectivity index (χ0n) is 8.97. The summed E-state index contributed by atoms with van der Waals surface area (Å²) in [7, 11) is 0. The summed E-state index contributed by atoms with van der Waals surface area (Å²) in [6, 6.07) is 2.77. The molecule has 1 atom stereocenters. The average Bonchev–Trinajstić information content (AvgIpc) is 2.15. The molecule has 4 heteroatoms. The van der Waals surface area contributed by atoms with E-state index in [-0.39, 0.29) is 5.92 Å². The summed E-state index contributed by atoms with van der Waals surface area (Å²) >= 11 is 0. The van der Waals surface area contributed by atoms with E-state index in [1.54, 1.807) is 6.07 Å². The van der Waals surface area contributed by atoms with Crippen molar-refractivity contribution >= 4 is 0 Å². The van der Waals surface area contributed by atoms with Crippen molar-refractivity contribution in [3.8, 4) is 0 Å². The van der Waals surface area contributed by atoms with Gasteiger partial charge < -0.3 is 0 Å². The number of halogens is 3. The molecule has 0 radical (unpaired) electrons. The largest absolute Gasteiger partial charge is 0.433 e. The van der Waals surface area contributed by atoms with Gasteiger partial charge in [0.2, 0.25) is 0 Å². The molecule has 1 aromatic rings. The Morgan fingerprint density at radius 1 is 1.20 bits per heavy atom. The molecule has 0 N–H and O–H groups in total. The smallest absolute Gasteiger partial charge is 0.252 e. The number of hydrogen-bond acceptors (Lipinski definition) is 1. The minimum atomic E-state index is -4.35. The number of rotatable bonds is 2. The third kappa shape index (κ3) is 2.94. The monoisotopic (exact) mass is 217 g/mol. The number of aromatic nitrogens is 1. The van der Waals surface area contributed by atoms with Crippen molar-refractivity contribution < 1.29 is 13.2 Å². The van der Waals surface area contributed by atoms with Gasteiger partial charge in [-0.3, -0.25) is 4.98 Å². The van der Waals surface area contributed by atoms with Crippen LogP contribution in [0.3, 0.4) is 0 Å². The third-order valence-electron chi connectivity index (χ3n) is 2.60. The second-order valence-corrected chi connectivity index (χ2v) is 4.00. The van der Waals surface area contributed by atoms with E-state index in [0.29, 0.717) is 11.5 Å². The Morgan fingerprint density at radius 2 is 1.80 bits per heavy atom. The summed E-state index contributed by atoms with van der Waals surface area (Å²) in [5.41, 5.74) is -0.125. The highest BCUT2D eigenvalue weighted by Crippen LogP contribution is 2.30. The van der Waals surface area contributed by atoms with Gasteiger partial charge in [0, 0.05) is 6.20 Å². The molecule has 0 aromatic carbocycles. The van der Waals surface area contributed by atoms with Gasteiger partial charge in [-0.2, -0.15) is 13.2 Å². The van der Waals surface area contributed by atoms with E-state index in [1.165, 1.54) is 6.20 Å². The van der Waals surface area contributed by atoms with E-state index in [1.807, 2.05) is 20.8 Å². The molecule has 0 saturated heterocycles. The van der Waals surface area contributed by atoms with Crippen LogP contribution >= 0.6 is 0 Å². The quantitative estimate of drug-likeness (QED) is 0.733. The Hall–Kier alpha value is -1.06. The predicted octanol–water partition coefficient (Wildman–Crippen LogP) is 3.86. The van der Waals surface area contributed by atoms with Gasteiger partial charge in [0.1, 0.15) is 5.69 Å². The summed E-state index contributed by atoms with van der Waals surface area (Å²) in [5, 5.41) is 0. The fourth-order valence-corrected chi connectivity index (χ4v) is 1.27. The van der Waals surface area contributed by atoms with Crippen molar-refractivity contribution in [2.45, 2.75) is 32.9 Å². The second kappa shape index (κ2) is 4.21. The first-order valence-electron chi connectivity index (χ1n) is 4.85. The number of pyridine rings is 1. The lowest BCUT2D eigenvalue weighted by atomic mass is 9.90. The van der Waals surface area contributed by atoms with E-state index in [0.717, 1.165) is 6.07 Å². The SMILES string of the molecule is CC(C)C(C)c1ccnc(C(F)(F)F)c1. The van der Waals surface area contributed by atoms with Crippen LogP contribution in [-0.4, -0.2) is 4.98 Å².